The topological polar surface area (TPSA) is 93.0 Å². The SMILES string of the molecule is C[C@@H](c1ccc(OC(F)F)c(F)c1)n1nc(C(F)(F)F)c2c(=O)[nH]c(O)nc21. The molecule has 0 bridgehead atoms. The van der Waals surface area contributed by atoms with Gasteiger partial charge in [0.1, 0.15) is 5.39 Å². The highest BCUT2D eigenvalue weighted by atomic mass is 19.4. The Morgan fingerprint density at radius 2 is 1.96 bits per heavy atom. The van der Waals surface area contributed by atoms with E-state index in [-0.39, 0.29) is 5.56 Å². The number of alkyl halides is 5. The molecule has 7 nitrogen and oxygen atoms in total. The number of hydrogen-bond acceptors (Lipinski definition) is 5. The molecule has 28 heavy (non-hydrogen) atoms. The fourth-order valence-corrected chi connectivity index (χ4v) is 2.61. The predicted octanol–water partition coefficient (Wildman–Crippen LogP) is 3.19. The van der Waals surface area contributed by atoms with Gasteiger partial charge < -0.3 is 9.84 Å². The Labute approximate surface area is 151 Å². The lowest BCUT2D eigenvalue weighted by Crippen LogP contribution is -2.13. The van der Waals surface area contributed by atoms with Gasteiger partial charge in [0, 0.05) is 0 Å². The quantitative estimate of drug-likeness (QED) is 0.647. The predicted molar refractivity (Wildman–Crippen MR) is 81.7 cm³/mol. The molecule has 1 atom stereocenters. The fraction of sp³-hybridized carbons (Fsp3) is 0.267. The van der Waals surface area contributed by atoms with Gasteiger partial charge in [-0.15, -0.1) is 0 Å². The van der Waals surface area contributed by atoms with Crippen LogP contribution in [0.4, 0.5) is 26.3 Å². The largest absolute Gasteiger partial charge is 0.480 e. The van der Waals surface area contributed by atoms with Crippen LogP contribution in [0.1, 0.15) is 24.2 Å². The summed E-state index contributed by atoms with van der Waals surface area (Å²) in [5.74, 6) is -1.93. The van der Waals surface area contributed by atoms with Crippen molar-refractivity contribution >= 4 is 11.0 Å². The first kappa shape index (κ1) is 19.5. The third-order valence-electron chi connectivity index (χ3n) is 3.84. The Morgan fingerprint density at radius 3 is 2.54 bits per heavy atom. The minimum atomic E-state index is -5.00. The maximum atomic E-state index is 13.9. The molecule has 150 valence electrons. The maximum Gasteiger partial charge on any atom is 0.436 e. The number of halogens is 6. The number of aromatic hydroxyl groups is 1. The standard InChI is InChI=1S/C15H10F6N4O3/c1-5(6-2-3-8(7(16)4-6)28-13(17)18)25-11-9(10(24-25)15(19,20)21)12(26)23-14(27)22-11/h2-5,13H,1H3,(H2,22,23,26,27)/t5-/m0/s1. The summed E-state index contributed by atoms with van der Waals surface area (Å²) in [6.07, 6.45) is -5.00. The molecule has 0 fully saturated rings. The highest BCUT2D eigenvalue weighted by Gasteiger charge is 2.39. The summed E-state index contributed by atoms with van der Waals surface area (Å²) in [6, 6.07) is 0.741. The molecule has 0 saturated heterocycles. The summed E-state index contributed by atoms with van der Waals surface area (Å²) in [7, 11) is 0. The average molecular weight is 408 g/mol. The van der Waals surface area contributed by atoms with E-state index in [0.717, 1.165) is 18.2 Å². The van der Waals surface area contributed by atoms with Crippen molar-refractivity contribution in [2.45, 2.75) is 25.8 Å². The van der Waals surface area contributed by atoms with Crippen molar-refractivity contribution in [3.05, 3.63) is 45.6 Å². The van der Waals surface area contributed by atoms with Gasteiger partial charge in [-0.05, 0) is 24.6 Å². The van der Waals surface area contributed by atoms with E-state index < -0.39 is 58.7 Å². The first-order chi connectivity index (χ1) is 13.0. The van der Waals surface area contributed by atoms with Crippen molar-refractivity contribution in [3.63, 3.8) is 0 Å². The van der Waals surface area contributed by atoms with Crippen LogP contribution in [0.5, 0.6) is 11.8 Å². The average Bonchev–Trinajstić information content (AvgIpc) is 2.95. The second-order valence-corrected chi connectivity index (χ2v) is 5.62. The lowest BCUT2D eigenvalue weighted by atomic mass is 10.1. The van der Waals surface area contributed by atoms with E-state index in [0.29, 0.717) is 4.68 Å². The lowest BCUT2D eigenvalue weighted by Gasteiger charge is -2.15. The van der Waals surface area contributed by atoms with Crippen LogP contribution in [0.2, 0.25) is 0 Å². The van der Waals surface area contributed by atoms with Gasteiger partial charge in [-0.1, -0.05) is 6.07 Å². The van der Waals surface area contributed by atoms with Crippen molar-refractivity contribution in [2.24, 2.45) is 0 Å². The summed E-state index contributed by atoms with van der Waals surface area (Å²) < 4.78 is 82.8. The number of aromatic amines is 1. The van der Waals surface area contributed by atoms with E-state index in [1.165, 1.54) is 6.92 Å². The van der Waals surface area contributed by atoms with Crippen LogP contribution in [-0.2, 0) is 6.18 Å². The molecule has 0 amide bonds. The van der Waals surface area contributed by atoms with E-state index in [4.69, 9.17) is 0 Å². The zero-order valence-corrected chi connectivity index (χ0v) is 13.8. The molecular weight excluding hydrogens is 398 g/mol. The van der Waals surface area contributed by atoms with Crippen LogP contribution in [0.15, 0.2) is 23.0 Å². The summed E-state index contributed by atoms with van der Waals surface area (Å²) in [6.45, 7) is -1.95. The minimum Gasteiger partial charge on any atom is -0.480 e. The molecule has 2 heterocycles. The Balaban J connectivity index is 2.16. The molecular formula is C15H10F6N4O3. The molecule has 1 aromatic carbocycles. The molecule has 0 unspecified atom stereocenters. The zero-order chi connectivity index (χ0) is 20.8. The first-order valence-electron chi connectivity index (χ1n) is 7.52. The molecule has 2 N–H and O–H groups in total. The van der Waals surface area contributed by atoms with Crippen molar-refractivity contribution in [2.75, 3.05) is 0 Å². The number of rotatable bonds is 4. The summed E-state index contributed by atoms with van der Waals surface area (Å²) in [4.78, 5) is 17.1. The minimum absolute atomic E-state index is 0.0267. The molecule has 0 aliphatic carbocycles. The Morgan fingerprint density at radius 1 is 1.29 bits per heavy atom. The van der Waals surface area contributed by atoms with Crippen LogP contribution < -0.4 is 10.3 Å². The number of hydrogen-bond donors (Lipinski definition) is 2. The molecule has 0 aliphatic heterocycles. The second kappa shape index (κ2) is 6.73. The third-order valence-corrected chi connectivity index (χ3v) is 3.84. The van der Waals surface area contributed by atoms with Gasteiger partial charge in [-0.3, -0.25) is 9.78 Å². The van der Waals surface area contributed by atoms with Crippen molar-refractivity contribution in [3.8, 4) is 11.8 Å². The van der Waals surface area contributed by atoms with Gasteiger partial charge in [-0.25, -0.2) is 9.07 Å². The smallest absolute Gasteiger partial charge is 0.436 e. The van der Waals surface area contributed by atoms with Crippen molar-refractivity contribution < 1.29 is 36.2 Å². The zero-order valence-electron chi connectivity index (χ0n) is 13.8. The van der Waals surface area contributed by atoms with Gasteiger partial charge in [-0.2, -0.15) is 32.0 Å². The summed E-state index contributed by atoms with van der Waals surface area (Å²) in [5, 5.41) is 11.9. The number of nitrogens with one attached hydrogen (secondary N) is 1. The van der Waals surface area contributed by atoms with Crippen molar-refractivity contribution in [1.82, 2.24) is 19.7 Å². The lowest BCUT2D eigenvalue weighted by molar-refractivity contribution is -0.140. The molecule has 13 heteroatoms. The Bertz CT molecular complexity index is 1090. The highest BCUT2D eigenvalue weighted by Crippen LogP contribution is 2.34. The van der Waals surface area contributed by atoms with Crippen LogP contribution in [0, 0.1) is 5.82 Å². The highest BCUT2D eigenvalue weighted by molar-refractivity contribution is 5.78. The van der Waals surface area contributed by atoms with Crippen LogP contribution in [0.3, 0.4) is 0 Å². The number of ether oxygens (including phenoxy) is 1. The number of benzene rings is 1. The number of aromatic nitrogens is 4. The molecule has 0 saturated carbocycles. The van der Waals surface area contributed by atoms with E-state index in [2.05, 4.69) is 14.8 Å². The van der Waals surface area contributed by atoms with Gasteiger partial charge in [0.25, 0.3) is 11.6 Å². The number of nitrogens with zero attached hydrogens (tertiary/aromatic N) is 3. The maximum absolute atomic E-state index is 13.9. The Hall–Kier alpha value is -3.25. The van der Waals surface area contributed by atoms with E-state index in [1.807, 2.05) is 0 Å². The van der Waals surface area contributed by atoms with Crippen LogP contribution in [-0.4, -0.2) is 31.5 Å². The van der Waals surface area contributed by atoms with E-state index in [9.17, 15) is 36.2 Å². The number of H-pyrrole nitrogens is 1. The molecule has 2 aromatic heterocycles. The van der Waals surface area contributed by atoms with Gasteiger partial charge in [0.15, 0.2) is 22.9 Å². The molecule has 3 aromatic rings. The van der Waals surface area contributed by atoms with Crippen LogP contribution in [0.25, 0.3) is 11.0 Å². The fourth-order valence-electron chi connectivity index (χ4n) is 2.61. The number of fused-ring (bicyclic) bond motifs is 1. The molecule has 0 radical (unpaired) electrons. The summed E-state index contributed by atoms with van der Waals surface area (Å²) in [5.41, 5.74) is -3.37. The second-order valence-electron chi connectivity index (χ2n) is 5.62. The van der Waals surface area contributed by atoms with Gasteiger partial charge in [0.2, 0.25) is 0 Å². The third kappa shape index (κ3) is 3.46. The van der Waals surface area contributed by atoms with Gasteiger partial charge >= 0.3 is 12.8 Å². The van der Waals surface area contributed by atoms with E-state index >= 15 is 0 Å². The summed E-state index contributed by atoms with van der Waals surface area (Å²) >= 11 is 0. The first-order valence-corrected chi connectivity index (χ1v) is 7.52. The monoisotopic (exact) mass is 408 g/mol. The molecule has 0 spiro atoms. The van der Waals surface area contributed by atoms with Gasteiger partial charge in [0.05, 0.1) is 6.04 Å². The Kier molecular flexibility index (Phi) is 4.69. The molecule has 3 rings (SSSR count). The van der Waals surface area contributed by atoms with E-state index in [1.54, 1.807) is 4.98 Å². The van der Waals surface area contributed by atoms with Crippen molar-refractivity contribution in [1.29, 1.82) is 0 Å². The van der Waals surface area contributed by atoms with Crippen LogP contribution >= 0.6 is 0 Å². The normalized spacial score (nSPS) is 13.3. The molecule has 0 aliphatic rings.